The minimum absolute atomic E-state index is 0.0764. The molecule has 6 rings (SSSR count). The van der Waals surface area contributed by atoms with Gasteiger partial charge in [0.25, 0.3) is 0 Å². The van der Waals surface area contributed by atoms with Crippen molar-refractivity contribution in [1.29, 1.82) is 0 Å². The molecule has 0 aromatic heterocycles. The van der Waals surface area contributed by atoms with Crippen LogP contribution < -0.4 is 10.6 Å². The quantitative estimate of drug-likeness (QED) is 0.305. The van der Waals surface area contributed by atoms with E-state index in [1.54, 1.807) is 0 Å². The Bertz CT molecular complexity index is 1500. The van der Waals surface area contributed by atoms with Crippen LogP contribution in [0.2, 0.25) is 0 Å². The lowest BCUT2D eigenvalue weighted by atomic mass is 9.70. The Morgan fingerprint density at radius 2 is 1.79 bits per heavy atom. The van der Waals surface area contributed by atoms with Gasteiger partial charge in [-0.05, 0) is 40.8 Å². The van der Waals surface area contributed by atoms with Gasteiger partial charge < -0.3 is 25.4 Å². The molecule has 0 radical (unpaired) electrons. The van der Waals surface area contributed by atoms with Gasteiger partial charge in [-0.2, -0.15) is 0 Å². The van der Waals surface area contributed by atoms with Gasteiger partial charge in [0.15, 0.2) is 0 Å². The van der Waals surface area contributed by atoms with Crippen molar-refractivity contribution in [3.05, 3.63) is 78.4 Å². The van der Waals surface area contributed by atoms with Gasteiger partial charge in [-0.15, -0.1) is 0 Å². The first kappa shape index (κ1) is 28.8. The van der Waals surface area contributed by atoms with Gasteiger partial charge in [-0.1, -0.05) is 96.9 Å². The summed E-state index contributed by atoms with van der Waals surface area (Å²) in [4.78, 5) is 43.7. The number of alkyl halides is 1. The highest BCUT2D eigenvalue weighted by molar-refractivity contribution is 9.09. The van der Waals surface area contributed by atoms with Crippen LogP contribution in [-0.2, 0) is 25.7 Å². The number of benzene rings is 3. The standard InChI is InChI=1S/C33H36BrN3O5/c1-3-19(2)25(18-38)37-29(31(40)36-23-14-13-21-11-7-8-12-22(21)15-23)33-16-24(34)28(42-33)26(27(33)32(37)41)30(39)35-17-20-9-5-4-6-10-20/h4-15,19,24-29,38H,3,16-18H2,1-2H3,(H,35,39)(H,36,40)/t19-,24?,25-,26+,27-,28+,29?,33?/m0/s1. The fraction of sp³-hybridized carbons (Fsp3) is 0.424. The highest BCUT2D eigenvalue weighted by Gasteiger charge is 2.77. The largest absolute Gasteiger partial charge is 0.394 e. The van der Waals surface area contributed by atoms with Crippen molar-refractivity contribution in [3.8, 4) is 0 Å². The van der Waals surface area contributed by atoms with Crippen molar-refractivity contribution in [3.63, 3.8) is 0 Å². The average Bonchev–Trinajstić information content (AvgIpc) is 3.60. The molecule has 0 aliphatic carbocycles. The SMILES string of the molecule is CC[C@H](C)[C@H](CO)N1C(=O)[C@@H]2[C@@H](C(=O)NCc3ccccc3)[C@@H]3OC2(CC3Br)C1C(=O)Nc1ccc2ccccc2c1. The third kappa shape index (κ3) is 4.71. The van der Waals surface area contributed by atoms with Crippen molar-refractivity contribution in [2.45, 2.75) is 61.8 Å². The third-order valence-corrected chi connectivity index (χ3v) is 10.3. The maximum Gasteiger partial charge on any atom is 0.250 e. The number of likely N-dealkylation sites (tertiary alicyclic amines) is 1. The minimum Gasteiger partial charge on any atom is -0.394 e. The molecule has 3 fully saturated rings. The normalized spacial score (nSPS) is 29.4. The molecule has 3 heterocycles. The van der Waals surface area contributed by atoms with Crippen LogP contribution >= 0.6 is 15.9 Å². The molecular weight excluding hydrogens is 598 g/mol. The molecule has 3 saturated heterocycles. The van der Waals surface area contributed by atoms with Gasteiger partial charge in [0.05, 0.1) is 30.6 Å². The first-order chi connectivity index (χ1) is 20.3. The number of rotatable bonds is 9. The van der Waals surface area contributed by atoms with Crippen molar-refractivity contribution < 1.29 is 24.2 Å². The Balaban J connectivity index is 1.35. The van der Waals surface area contributed by atoms with Crippen LogP contribution in [0.3, 0.4) is 0 Å². The number of aliphatic hydroxyl groups is 1. The monoisotopic (exact) mass is 633 g/mol. The summed E-state index contributed by atoms with van der Waals surface area (Å²) < 4.78 is 6.62. The summed E-state index contributed by atoms with van der Waals surface area (Å²) >= 11 is 3.72. The van der Waals surface area contributed by atoms with Crippen molar-refractivity contribution in [2.24, 2.45) is 17.8 Å². The summed E-state index contributed by atoms with van der Waals surface area (Å²) in [6, 6.07) is 21.6. The fourth-order valence-corrected chi connectivity index (χ4v) is 8.16. The first-order valence-electron chi connectivity index (χ1n) is 14.6. The van der Waals surface area contributed by atoms with E-state index < -0.39 is 35.6 Å². The number of hydrogen-bond donors (Lipinski definition) is 3. The fourth-order valence-electron chi connectivity index (χ4n) is 7.22. The van der Waals surface area contributed by atoms with Crippen LogP contribution in [0.5, 0.6) is 0 Å². The molecule has 3 aliphatic heterocycles. The van der Waals surface area contributed by atoms with E-state index in [9.17, 15) is 19.5 Å². The Kier molecular flexibility index (Phi) is 7.85. The first-order valence-corrected chi connectivity index (χ1v) is 15.6. The summed E-state index contributed by atoms with van der Waals surface area (Å²) in [5, 5.41) is 18.6. The smallest absolute Gasteiger partial charge is 0.250 e. The maximum absolute atomic E-state index is 14.4. The summed E-state index contributed by atoms with van der Waals surface area (Å²) in [6.45, 7) is 3.99. The van der Waals surface area contributed by atoms with Gasteiger partial charge in [-0.25, -0.2) is 0 Å². The number of nitrogens with zero attached hydrogens (tertiary/aromatic N) is 1. The molecule has 9 heteroatoms. The van der Waals surface area contributed by atoms with Crippen molar-refractivity contribution in [1.82, 2.24) is 10.2 Å². The lowest BCUT2D eigenvalue weighted by molar-refractivity contribution is -0.145. The number of amides is 3. The van der Waals surface area contributed by atoms with E-state index in [-0.39, 0.29) is 35.1 Å². The molecule has 3 unspecified atom stereocenters. The van der Waals surface area contributed by atoms with E-state index in [1.807, 2.05) is 86.6 Å². The summed E-state index contributed by atoms with van der Waals surface area (Å²) in [5.74, 6) is -2.64. The predicted molar refractivity (Wildman–Crippen MR) is 164 cm³/mol. The second kappa shape index (κ2) is 11.4. The number of fused-ring (bicyclic) bond motifs is 2. The number of ether oxygens (including phenoxy) is 1. The molecule has 0 saturated carbocycles. The molecule has 1 spiro atoms. The summed E-state index contributed by atoms with van der Waals surface area (Å²) in [6.07, 6.45) is 0.558. The van der Waals surface area contributed by atoms with E-state index in [1.165, 1.54) is 4.90 Å². The molecular formula is C33H36BrN3O5. The van der Waals surface area contributed by atoms with Gasteiger partial charge in [0.1, 0.15) is 11.6 Å². The highest BCUT2D eigenvalue weighted by Crippen LogP contribution is 2.60. The number of carbonyl (C=O) groups is 3. The van der Waals surface area contributed by atoms with Crippen molar-refractivity contribution >= 4 is 50.1 Å². The Morgan fingerprint density at radius 1 is 1.07 bits per heavy atom. The summed E-state index contributed by atoms with van der Waals surface area (Å²) in [7, 11) is 0. The van der Waals surface area contributed by atoms with Crippen LogP contribution in [0.25, 0.3) is 10.8 Å². The number of halogens is 1. The zero-order chi connectivity index (χ0) is 29.6. The number of aliphatic hydroxyl groups excluding tert-OH is 1. The Hall–Kier alpha value is -3.27. The second-order valence-electron chi connectivity index (χ2n) is 11.8. The molecule has 42 heavy (non-hydrogen) atoms. The van der Waals surface area contributed by atoms with Gasteiger partial charge in [0, 0.05) is 17.1 Å². The zero-order valence-corrected chi connectivity index (χ0v) is 25.3. The third-order valence-electron chi connectivity index (χ3n) is 9.45. The summed E-state index contributed by atoms with van der Waals surface area (Å²) in [5.41, 5.74) is 0.353. The van der Waals surface area contributed by atoms with Gasteiger partial charge in [0.2, 0.25) is 17.7 Å². The highest BCUT2D eigenvalue weighted by atomic mass is 79.9. The molecule has 8 nitrogen and oxygen atoms in total. The molecule has 3 amide bonds. The maximum atomic E-state index is 14.4. The predicted octanol–water partition coefficient (Wildman–Crippen LogP) is 4.25. The topological polar surface area (TPSA) is 108 Å². The van der Waals surface area contributed by atoms with Gasteiger partial charge in [-0.3, -0.25) is 14.4 Å². The van der Waals surface area contributed by atoms with Crippen LogP contribution in [0.15, 0.2) is 72.8 Å². The number of anilines is 1. The lowest BCUT2D eigenvalue weighted by Crippen LogP contribution is -2.57. The van der Waals surface area contributed by atoms with Crippen LogP contribution in [-0.4, -0.2) is 63.0 Å². The van der Waals surface area contributed by atoms with Crippen molar-refractivity contribution in [2.75, 3.05) is 11.9 Å². The second-order valence-corrected chi connectivity index (χ2v) is 13.0. The molecule has 220 valence electrons. The van der Waals surface area contributed by atoms with Crippen LogP contribution in [0.1, 0.15) is 32.3 Å². The molecule has 3 N–H and O–H groups in total. The van der Waals surface area contributed by atoms with Crippen LogP contribution in [0.4, 0.5) is 5.69 Å². The zero-order valence-electron chi connectivity index (χ0n) is 23.7. The van der Waals surface area contributed by atoms with E-state index in [2.05, 4.69) is 26.6 Å². The Labute approximate surface area is 253 Å². The van der Waals surface area contributed by atoms with Gasteiger partial charge >= 0.3 is 0 Å². The van der Waals surface area contributed by atoms with E-state index in [4.69, 9.17) is 4.74 Å². The minimum atomic E-state index is -1.20. The van der Waals surface area contributed by atoms with E-state index >= 15 is 0 Å². The number of carbonyl (C=O) groups excluding carboxylic acids is 3. The molecule has 3 aliphatic rings. The van der Waals surface area contributed by atoms with Crippen LogP contribution in [0, 0.1) is 17.8 Å². The number of hydrogen-bond acceptors (Lipinski definition) is 5. The molecule has 8 atom stereocenters. The number of nitrogens with one attached hydrogen (secondary N) is 2. The average molecular weight is 635 g/mol. The Morgan fingerprint density at radius 3 is 2.50 bits per heavy atom. The van der Waals surface area contributed by atoms with E-state index in [0.29, 0.717) is 25.1 Å². The van der Waals surface area contributed by atoms with E-state index in [0.717, 1.165) is 16.3 Å². The molecule has 3 aromatic rings. The lowest BCUT2D eigenvalue weighted by Gasteiger charge is -2.38. The molecule has 3 aromatic carbocycles. The molecule has 2 bridgehead atoms.